The summed E-state index contributed by atoms with van der Waals surface area (Å²) in [6, 6.07) is 13.0. The Labute approximate surface area is 154 Å². The maximum absolute atomic E-state index is 12.7. The molecule has 0 bridgehead atoms. The number of hydrogen-bond acceptors (Lipinski definition) is 3. The average Bonchev–Trinajstić information content (AvgIpc) is 2.66. The standard InChI is InChI=1S/C21H24N2O3/c1-15-12-16(2)14-18(13-15)21(25)23-10-8-22(9-11-23)20(24)17-4-6-19(26-3)7-5-17/h4-7,12-14H,8-11H2,1-3H3. The van der Waals surface area contributed by atoms with Crippen LogP contribution in [0.3, 0.4) is 0 Å². The van der Waals surface area contributed by atoms with E-state index in [0.29, 0.717) is 31.7 Å². The molecule has 0 radical (unpaired) electrons. The molecule has 0 N–H and O–H groups in total. The molecule has 1 heterocycles. The zero-order valence-corrected chi connectivity index (χ0v) is 15.5. The van der Waals surface area contributed by atoms with Gasteiger partial charge in [0.05, 0.1) is 7.11 Å². The fraction of sp³-hybridized carbons (Fsp3) is 0.333. The summed E-state index contributed by atoms with van der Waals surface area (Å²) in [5, 5.41) is 0. The van der Waals surface area contributed by atoms with Crippen LogP contribution in [0.25, 0.3) is 0 Å². The van der Waals surface area contributed by atoms with Crippen LogP contribution in [0.1, 0.15) is 31.8 Å². The third-order valence-corrected chi connectivity index (χ3v) is 4.66. The van der Waals surface area contributed by atoms with E-state index in [1.54, 1.807) is 36.3 Å². The Morgan fingerprint density at radius 3 is 1.69 bits per heavy atom. The fourth-order valence-electron chi connectivity index (χ4n) is 3.31. The van der Waals surface area contributed by atoms with Crippen LogP contribution in [0, 0.1) is 13.8 Å². The third-order valence-electron chi connectivity index (χ3n) is 4.66. The molecule has 2 aromatic carbocycles. The number of methoxy groups -OCH3 is 1. The van der Waals surface area contributed by atoms with Crippen LogP contribution in [-0.2, 0) is 0 Å². The lowest BCUT2D eigenvalue weighted by Gasteiger charge is -2.35. The summed E-state index contributed by atoms with van der Waals surface area (Å²) in [7, 11) is 1.60. The van der Waals surface area contributed by atoms with E-state index in [9.17, 15) is 9.59 Å². The molecule has 3 rings (SSSR count). The summed E-state index contributed by atoms with van der Waals surface area (Å²) >= 11 is 0. The van der Waals surface area contributed by atoms with Crippen molar-refractivity contribution in [3.8, 4) is 5.75 Å². The first-order valence-corrected chi connectivity index (χ1v) is 8.79. The number of benzene rings is 2. The molecule has 1 aliphatic rings. The molecule has 0 aliphatic carbocycles. The highest BCUT2D eigenvalue weighted by molar-refractivity contribution is 5.96. The number of amides is 2. The van der Waals surface area contributed by atoms with Crippen LogP contribution in [0.4, 0.5) is 0 Å². The van der Waals surface area contributed by atoms with Crippen LogP contribution in [-0.4, -0.2) is 54.9 Å². The van der Waals surface area contributed by atoms with Crippen molar-refractivity contribution < 1.29 is 14.3 Å². The van der Waals surface area contributed by atoms with Gasteiger partial charge in [0, 0.05) is 37.3 Å². The number of aryl methyl sites for hydroxylation is 2. The molecule has 1 fully saturated rings. The number of piperazine rings is 1. The van der Waals surface area contributed by atoms with Gasteiger partial charge in [-0.05, 0) is 50.2 Å². The molecule has 5 nitrogen and oxygen atoms in total. The Morgan fingerprint density at radius 1 is 0.769 bits per heavy atom. The Morgan fingerprint density at radius 2 is 1.23 bits per heavy atom. The lowest BCUT2D eigenvalue weighted by Crippen LogP contribution is -2.50. The summed E-state index contributed by atoms with van der Waals surface area (Å²) in [6.45, 7) is 6.18. The second kappa shape index (κ2) is 7.60. The van der Waals surface area contributed by atoms with Gasteiger partial charge in [-0.1, -0.05) is 17.2 Å². The van der Waals surface area contributed by atoms with Crippen molar-refractivity contribution in [2.24, 2.45) is 0 Å². The van der Waals surface area contributed by atoms with Crippen LogP contribution in [0.15, 0.2) is 42.5 Å². The number of nitrogens with zero attached hydrogens (tertiary/aromatic N) is 2. The Hall–Kier alpha value is -2.82. The van der Waals surface area contributed by atoms with Gasteiger partial charge in [0.1, 0.15) is 5.75 Å². The highest BCUT2D eigenvalue weighted by Gasteiger charge is 2.25. The van der Waals surface area contributed by atoms with Crippen molar-refractivity contribution in [2.45, 2.75) is 13.8 Å². The molecular formula is C21H24N2O3. The molecule has 1 saturated heterocycles. The quantitative estimate of drug-likeness (QED) is 0.853. The lowest BCUT2D eigenvalue weighted by molar-refractivity contribution is 0.0535. The zero-order chi connectivity index (χ0) is 18.7. The van der Waals surface area contributed by atoms with Gasteiger partial charge in [-0.2, -0.15) is 0 Å². The topological polar surface area (TPSA) is 49.9 Å². The first-order valence-electron chi connectivity index (χ1n) is 8.79. The van der Waals surface area contributed by atoms with E-state index in [0.717, 1.165) is 22.4 Å². The van der Waals surface area contributed by atoms with Gasteiger partial charge in [0.25, 0.3) is 11.8 Å². The van der Waals surface area contributed by atoms with E-state index in [2.05, 4.69) is 6.07 Å². The van der Waals surface area contributed by atoms with Crippen LogP contribution in [0.5, 0.6) is 5.75 Å². The normalized spacial score (nSPS) is 14.3. The first kappa shape index (κ1) is 18.0. The van der Waals surface area contributed by atoms with Crippen molar-refractivity contribution in [1.82, 2.24) is 9.80 Å². The SMILES string of the molecule is COc1ccc(C(=O)N2CCN(C(=O)c3cc(C)cc(C)c3)CC2)cc1. The molecule has 0 atom stereocenters. The first-order chi connectivity index (χ1) is 12.5. The minimum Gasteiger partial charge on any atom is -0.497 e. The average molecular weight is 352 g/mol. The van der Waals surface area contributed by atoms with E-state index < -0.39 is 0 Å². The molecule has 136 valence electrons. The summed E-state index contributed by atoms with van der Waals surface area (Å²) in [4.78, 5) is 29.0. The van der Waals surface area contributed by atoms with Crippen LogP contribution >= 0.6 is 0 Å². The summed E-state index contributed by atoms with van der Waals surface area (Å²) in [5.74, 6) is 0.755. The van der Waals surface area contributed by atoms with Gasteiger partial charge < -0.3 is 14.5 Å². The molecule has 0 aromatic heterocycles. The third kappa shape index (κ3) is 3.87. The number of ether oxygens (including phenoxy) is 1. The Balaban J connectivity index is 1.62. The maximum atomic E-state index is 12.7. The molecule has 0 spiro atoms. The van der Waals surface area contributed by atoms with E-state index in [1.807, 2.05) is 30.9 Å². The summed E-state index contributed by atoms with van der Waals surface area (Å²) in [5.41, 5.74) is 3.53. The van der Waals surface area contributed by atoms with E-state index in [1.165, 1.54) is 0 Å². The van der Waals surface area contributed by atoms with E-state index in [4.69, 9.17) is 4.74 Å². The molecule has 1 aliphatic heterocycles. The smallest absolute Gasteiger partial charge is 0.253 e. The predicted molar refractivity (Wildman–Crippen MR) is 101 cm³/mol. The molecule has 2 aromatic rings. The summed E-state index contributed by atoms with van der Waals surface area (Å²) < 4.78 is 5.12. The minimum atomic E-state index is -0.00819. The van der Waals surface area contributed by atoms with Gasteiger partial charge in [-0.3, -0.25) is 9.59 Å². The van der Waals surface area contributed by atoms with E-state index in [-0.39, 0.29) is 11.8 Å². The fourth-order valence-corrected chi connectivity index (χ4v) is 3.31. The Bertz CT molecular complexity index is 786. The van der Waals surface area contributed by atoms with Gasteiger partial charge in [-0.25, -0.2) is 0 Å². The second-order valence-corrected chi connectivity index (χ2v) is 6.69. The minimum absolute atomic E-state index is 0.00819. The number of carbonyl (C=O) groups excluding carboxylic acids is 2. The van der Waals surface area contributed by atoms with Crippen molar-refractivity contribution in [3.05, 3.63) is 64.7 Å². The number of hydrogen-bond donors (Lipinski definition) is 0. The van der Waals surface area contributed by atoms with Gasteiger partial charge in [0.15, 0.2) is 0 Å². The lowest BCUT2D eigenvalue weighted by atomic mass is 10.1. The van der Waals surface area contributed by atoms with Gasteiger partial charge in [-0.15, -0.1) is 0 Å². The highest BCUT2D eigenvalue weighted by Crippen LogP contribution is 2.16. The number of carbonyl (C=O) groups is 2. The molecule has 0 saturated carbocycles. The van der Waals surface area contributed by atoms with Crippen molar-refractivity contribution >= 4 is 11.8 Å². The molecular weight excluding hydrogens is 328 g/mol. The van der Waals surface area contributed by atoms with Crippen LogP contribution in [0.2, 0.25) is 0 Å². The molecule has 0 unspecified atom stereocenters. The Kier molecular flexibility index (Phi) is 5.26. The zero-order valence-electron chi connectivity index (χ0n) is 15.5. The largest absolute Gasteiger partial charge is 0.497 e. The molecule has 26 heavy (non-hydrogen) atoms. The monoisotopic (exact) mass is 352 g/mol. The van der Waals surface area contributed by atoms with E-state index >= 15 is 0 Å². The van der Waals surface area contributed by atoms with Crippen LogP contribution < -0.4 is 4.74 Å². The van der Waals surface area contributed by atoms with Crippen molar-refractivity contribution in [1.29, 1.82) is 0 Å². The predicted octanol–water partition coefficient (Wildman–Crippen LogP) is 2.91. The maximum Gasteiger partial charge on any atom is 0.253 e. The van der Waals surface area contributed by atoms with Crippen molar-refractivity contribution in [2.75, 3.05) is 33.3 Å². The highest BCUT2D eigenvalue weighted by atomic mass is 16.5. The second-order valence-electron chi connectivity index (χ2n) is 6.69. The summed E-state index contributed by atoms with van der Waals surface area (Å²) in [6.07, 6.45) is 0. The number of rotatable bonds is 3. The molecule has 2 amide bonds. The molecule has 5 heteroatoms. The van der Waals surface area contributed by atoms with Crippen molar-refractivity contribution in [3.63, 3.8) is 0 Å². The van der Waals surface area contributed by atoms with Gasteiger partial charge in [0.2, 0.25) is 0 Å². The van der Waals surface area contributed by atoms with Gasteiger partial charge >= 0.3 is 0 Å².